The average Bonchev–Trinajstić information content (AvgIpc) is 2.58. The molecule has 0 N–H and O–H groups in total. The molecule has 0 bridgehead atoms. The number of nitrogens with zero attached hydrogens (tertiary/aromatic N) is 2. The van der Waals surface area contributed by atoms with Crippen LogP contribution in [0.4, 0.5) is 5.00 Å². The molecule has 0 unspecified atom stereocenters. The summed E-state index contributed by atoms with van der Waals surface area (Å²) < 4.78 is 0. The highest BCUT2D eigenvalue weighted by molar-refractivity contribution is 7.14. The van der Waals surface area contributed by atoms with Crippen LogP contribution in [-0.2, 0) is 0 Å². The van der Waals surface area contributed by atoms with E-state index >= 15 is 0 Å². The van der Waals surface area contributed by atoms with Gasteiger partial charge in [-0.3, -0.25) is 0 Å². The highest BCUT2D eigenvalue weighted by atomic mass is 32.1. The van der Waals surface area contributed by atoms with Crippen molar-refractivity contribution in [3.63, 3.8) is 0 Å². The largest absolute Gasteiger partial charge is 0.361 e. The van der Waals surface area contributed by atoms with E-state index in [0.29, 0.717) is 0 Å². The Morgan fingerprint density at radius 3 is 2.82 bits per heavy atom. The first-order chi connectivity index (χ1) is 5.47. The van der Waals surface area contributed by atoms with Crippen molar-refractivity contribution in [2.45, 2.75) is 0 Å². The molecule has 2 nitrogen and oxygen atoms in total. The minimum atomic E-state index is 0.998. The summed E-state index contributed by atoms with van der Waals surface area (Å²) in [6, 6.07) is 4.28. The van der Waals surface area contributed by atoms with Crippen molar-refractivity contribution in [2.24, 2.45) is 0 Å². The number of hydrogen-bond donors (Lipinski definition) is 0. The standard InChI is InChI=1S/C8H11N2S/c1-2-8(11-7-1)10-5-3-9-4-6-10/h1-2,7H,3-6H2. The van der Waals surface area contributed by atoms with Gasteiger partial charge in [-0.25, -0.2) is 5.32 Å². The van der Waals surface area contributed by atoms with E-state index in [4.69, 9.17) is 0 Å². The van der Waals surface area contributed by atoms with Crippen LogP contribution in [0.25, 0.3) is 0 Å². The molecule has 2 heterocycles. The van der Waals surface area contributed by atoms with Crippen LogP contribution in [0.2, 0.25) is 0 Å². The third-order valence-corrected chi connectivity index (χ3v) is 2.80. The zero-order chi connectivity index (χ0) is 7.52. The van der Waals surface area contributed by atoms with Crippen molar-refractivity contribution in [1.29, 1.82) is 0 Å². The fourth-order valence-electron chi connectivity index (χ4n) is 1.28. The van der Waals surface area contributed by atoms with Gasteiger partial charge in [0.2, 0.25) is 0 Å². The molecule has 0 atom stereocenters. The predicted molar refractivity (Wildman–Crippen MR) is 48.4 cm³/mol. The van der Waals surface area contributed by atoms with Gasteiger partial charge in [-0.05, 0) is 17.5 Å². The van der Waals surface area contributed by atoms with E-state index < -0.39 is 0 Å². The Kier molecular flexibility index (Phi) is 2.10. The Bertz CT molecular complexity index is 202. The summed E-state index contributed by atoms with van der Waals surface area (Å²) in [5, 5.41) is 7.82. The molecule has 59 valence electrons. The molecule has 1 radical (unpaired) electrons. The average molecular weight is 167 g/mol. The van der Waals surface area contributed by atoms with Crippen LogP contribution in [-0.4, -0.2) is 26.2 Å². The second-order valence-corrected chi connectivity index (χ2v) is 3.54. The summed E-state index contributed by atoms with van der Waals surface area (Å²) >= 11 is 1.81. The lowest BCUT2D eigenvalue weighted by Crippen LogP contribution is -2.39. The Morgan fingerprint density at radius 2 is 2.18 bits per heavy atom. The maximum Gasteiger partial charge on any atom is 0.0909 e. The molecule has 0 aliphatic carbocycles. The molecule has 0 amide bonds. The SMILES string of the molecule is c1csc(N2CC[N]CC2)c1. The number of thiophene rings is 1. The molecule has 3 heteroatoms. The van der Waals surface area contributed by atoms with Gasteiger partial charge in [0.1, 0.15) is 0 Å². The predicted octanol–water partition coefficient (Wildman–Crippen LogP) is 1.17. The van der Waals surface area contributed by atoms with E-state index in [0.717, 1.165) is 26.2 Å². The first kappa shape index (κ1) is 7.13. The van der Waals surface area contributed by atoms with Crippen molar-refractivity contribution in [3.8, 4) is 0 Å². The van der Waals surface area contributed by atoms with Crippen LogP contribution in [0.5, 0.6) is 0 Å². The first-order valence-corrected chi connectivity index (χ1v) is 4.76. The molecule has 0 spiro atoms. The van der Waals surface area contributed by atoms with Gasteiger partial charge >= 0.3 is 0 Å². The second-order valence-electron chi connectivity index (χ2n) is 2.61. The number of anilines is 1. The van der Waals surface area contributed by atoms with Crippen LogP contribution in [0.1, 0.15) is 0 Å². The van der Waals surface area contributed by atoms with Crippen molar-refractivity contribution in [2.75, 3.05) is 31.1 Å². The fraction of sp³-hybridized carbons (Fsp3) is 0.500. The second kappa shape index (κ2) is 3.24. The molecule has 1 aromatic rings. The molecular weight excluding hydrogens is 156 g/mol. The fourth-order valence-corrected chi connectivity index (χ4v) is 2.06. The summed E-state index contributed by atoms with van der Waals surface area (Å²) in [4.78, 5) is 2.40. The van der Waals surface area contributed by atoms with Crippen molar-refractivity contribution in [1.82, 2.24) is 5.32 Å². The summed E-state index contributed by atoms with van der Waals surface area (Å²) in [5.41, 5.74) is 0. The van der Waals surface area contributed by atoms with Crippen LogP contribution < -0.4 is 10.2 Å². The molecule has 1 aromatic heterocycles. The van der Waals surface area contributed by atoms with Gasteiger partial charge in [0.25, 0.3) is 0 Å². The molecule has 1 aliphatic rings. The Balaban J connectivity index is 2.04. The quantitative estimate of drug-likeness (QED) is 0.614. The number of hydrogen-bond acceptors (Lipinski definition) is 2. The lowest BCUT2D eigenvalue weighted by molar-refractivity contribution is 0.581. The number of piperazine rings is 1. The summed E-state index contributed by atoms with van der Waals surface area (Å²) in [7, 11) is 0. The molecule has 2 rings (SSSR count). The third kappa shape index (κ3) is 1.54. The first-order valence-electron chi connectivity index (χ1n) is 3.88. The molecule has 1 fully saturated rings. The van der Waals surface area contributed by atoms with Crippen LogP contribution in [0.15, 0.2) is 17.5 Å². The van der Waals surface area contributed by atoms with Gasteiger partial charge in [0.15, 0.2) is 0 Å². The minimum absolute atomic E-state index is 0.998. The smallest absolute Gasteiger partial charge is 0.0909 e. The van der Waals surface area contributed by atoms with Crippen molar-refractivity contribution in [3.05, 3.63) is 17.5 Å². The third-order valence-electron chi connectivity index (χ3n) is 1.87. The molecule has 1 aliphatic heterocycles. The van der Waals surface area contributed by atoms with Crippen LogP contribution in [0, 0.1) is 0 Å². The Morgan fingerprint density at radius 1 is 1.36 bits per heavy atom. The zero-order valence-electron chi connectivity index (χ0n) is 6.36. The van der Waals surface area contributed by atoms with E-state index in [2.05, 4.69) is 27.7 Å². The van der Waals surface area contributed by atoms with E-state index in [-0.39, 0.29) is 0 Å². The van der Waals surface area contributed by atoms with Gasteiger partial charge in [0, 0.05) is 26.2 Å². The summed E-state index contributed by atoms with van der Waals surface area (Å²) in [6.45, 7) is 4.19. The highest BCUT2D eigenvalue weighted by Crippen LogP contribution is 2.20. The minimum Gasteiger partial charge on any atom is -0.361 e. The zero-order valence-corrected chi connectivity index (χ0v) is 7.18. The van der Waals surface area contributed by atoms with Gasteiger partial charge < -0.3 is 4.90 Å². The molecule has 11 heavy (non-hydrogen) atoms. The van der Waals surface area contributed by atoms with Crippen molar-refractivity contribution >= 4 is 16.3 Å². The summed E-state index contributed by atoms with van der Waals surface area (Å²) in [5.74, 6) is 0. The summed E-state index contributed by atoms with van der Waals surface area (Å²) in [6.07, 6.45) is 0. The molecular formula is C8H11N2S. The van der Waals surface area contributed by atoms with Gasteiger partial charge in [-0.1, -0.05) is 0 Å². The van der Waals surface area contributed by atoms with Crippen LogP contribution in [0.3, 0.4) is 0 Å². The van der Waals surface area contributed by atoms with E-state index in [1.807, 2.05) is 11.3 Å². The normalized spacial score (nSPS) is 18.7. The Labute approximate surface area is 70.8 Å². The van der Waals surface area contributed by atoms with Gasteiger partial charge in [-0.15, -0.1) is 11.3 Å². The maximum atomic E-state index is 4.30. The van der Waals surface area contributed by atoms with Crippen LogP contribution >= 0.6 is 11.3 Å². The molecule has 1 saturated heterocycles. The lowest BCUT2D eigenvalue weighted by atomic mass is 10.4. The monoisotopic (exact) mass is 167 g/mol. The van der Waals surface area contributed by atoms with Gasteiger partial charge in [0.05, 0.1) is 5.00 Å². The lowest BCUT2D eigenvalue weighted by Gasteiger charge is -2.26. The molecule has 0 aromatic carbocycles. The topological polar surface area (TPSA) is 17.3 Å². The van der Waals surface area contributed by atoms with E-state index in [9.17, 15) is 0 Å². The van der Waals surface area contributed by atoms with E-state index in [1.54, 1.807) is 0 Å². The maximum absolute atomic E-state index is 4.30. The number of rotatable bonds is 1. The molecule has 0 saturated carbocycles. The van der Waals surface area contributed by atoms with E-state index in [1.165, 1.54) is 5.00 Å². The highest BCUT2D eigenvalue weighted by Gasteiger charge is 2.10. The Hall–Kier alpha value is -0.540. The van der Waals surface area contributed by atoms with Gasteiger partial charge in [-0.2, -0.15) is 0 Å². The van der Waals surface area contributed by atoms with Crippen molar-refractivity contribution < 1.29 is 0 Å².